The first kappa shape index (κ1) is 13.2. The fourth-order valence-electron chi connectivity index (χ4n) is 3.24. The summed E-state index contributed by atoms with van der Waals surface area (Å²) in [5.74, 6) is 0. The smallest absolute Gasteiger partial charge is 0.0765 e. The summed E-state index contributed by atoms with van der Waals surface area (Å²) >= 11 is 1.75. The minimum atomic E-state index is 0.916. The SMILES string of the molecule is C1=C2C(CCN3CCCC3)=NN=C2CC(c2ccsc2)=C1. The third-order valence-corrected chi connectivity index (χ3v) is 5.16. The van der Waals surface area contributed by atoms with Crippen molar-refractivity contribution in [1.29, 1.82) is 0 Å². The highest BCUT2D eigenvalue weighted by molar-refractivity contribution is 7.08. The molecule has 108 valence electrons. The maximum absolute atomic E-state index is 4.44. The van der Waals surface area contributed by atoms with E-state index in [-0.39, 0.29) is 0 Å². The van der Waals surface area contributed by atoms with E-state index in [0.29, 0.717) is 0 Å². The second-order valence-electron chi connectivity index (χ2n) is 5.85. The Morgan fingerprint density at radius 3 is 2.86 bits per heavy atom. The third kappa shape index (κ3) is 2.65. The van der Waals surface area contributed by atoms with Gasteiger partial charge in [0.1, 0.15) is 0 Å². The van der Waals surface area contributed by atoms with Gasteiger partial charge in [0, 0.05) is 25.0 Å². The zero-order valence-corrected chi connectivity index (χ0v) is 12.9. The minimum Gasteiger partial charge on any atom is -0.303 e. The van der Waals surface area contributed by atoms with Gasteiger partial charge in [-0.1, -0.05) is 12.2 Å². The zero-order chi connectivity index (χ0) is 14.1. The van der Waals surface area contributed by atoms with E-state index in [4.69, 9.17) is 0 Å². The molecule has 1 saturated heterocycles. The van der Waals surface area contributed by atoms with Crippen LogP contribution in [0.2, 0.25) is 0 Å². The van der Waals surface area contributed by atoms with Gasteiger partial charge in [-0.15, -0.1) is 0 Å². The number of fused-ring (bicyclic) bond motifs is 1. The van der Waals surface area contributed by atoms with Crippen LogP contribution in [-0.2, 0) is 0 Å². The van der Waals surface area contributed by atoms with Gasteiger partial charge in [-0.2, -0.15) is 21.5 Å². The fourth-order valence-corrected chi connectivity index (χ4v) is 3.92. The number of likely N-dealkylation sites (tertiary alicyclic amines) is 1. The summed E-state index contributed by atoms with van der Waals surface area (Å²) in [5.41, 5.74) is 6.28. The summed E-state index contributed by atoms with van der Waals surface area (Å²) in [5, 5.41) is 13.2. The van der Waals surface area contributed by atoms with Crippen LogP contribution in [0.15, 0.2) is 44.8 Å². The standard InChI is InChI=1S/C17H19N3S/c1-2-8-20(7-1)9-5-16-15-4-3-13(11-17(15)19-18-16)14-6-10-21-12-14/h3-4,6,10,12H,1-2,5,7-9,11H2. The van der Waals surface area contributed by atoms with Crippen LogP contribution < -0.4 is 0 Å². The number of rotatable bonds is 4. The van der Waals surface area contributed by atoms with Crippen LogP contribution >= 0.6 is 11.3 Å². The van der Waals surface area contributed by atoms with Gasteiger partial charge in [0.05, 0.1) is 11.4 Å². The Labute approximate surface area is 129 Å². The summed E-state index contributed by atoms with van der Waals surface area (Å²) in [7, 11) is 0. The summed E-state index contributed by atoms with van der Waals surface area (Å²) in [4.78, 5) is 2.54. The molecule has 0 amide bonds. The average Bonchev–Trinajstić information content (AvgIpc) is 3.25. The third-order valence-electron chi connectivity index (χ3n) is 4.48. The number of thiophene rings is 1. The number of hydrogen-bond acceptors (Lipinski definition) is 4. The molecule has 4 rings (SSSR count). The maximum atomic E-state index is 4.44. The van der Waals surface area contributed by atoms with E-state index in [2.05, 4.69) is 44.1 Å². The van der Waals surface area contributed by atoms with Gasteiger partial charge in [-0.05, 0) is 53.9 Å². The average molecular weight is 297 g/mol. The lowest BCUT2D eigenvalue weighted by Gasteiger charge is -2.16. The summed E-state index contributed by atoms with van der Waals surface area (Å²) in [6.45, 7) is 3.63. The van der Waals surface area contributed by atoms with Crippen molar-refractivity contribution in [2.45, 2.75) is 25.7 Å². The van der Waals surface area contributed by atoms with Crippen molar-refractivity contribution in [2.75, 3.05) is 19.6 Å². The van der Waals surface area contributed by atoms with E-state index in [9.17, 15) is 0 Å². The highest BCUT2D eigenvalue weighted by atomic mass is 32.1. The molecular formula is C17H19N3S. The molecule has 0 radical (unpaired) electrons. The Bertz CT molecular complexity index is 644. The van der Waals surface area contributed by atoms with Gasteiger partial charge in [-0.3, -0.25) is 0 Å². The molecule has 1 aliphatic carbocycles. The lowest BCUT2D eigenvalue weighted by molar-refractivity contribution is 0.350. The van der Waals surface area contributed by atoms with Gasteiger partial charge in [0.15, 0.2) is 0 Å². The van der Waals surface area contributed by atoms with Crippen LogP contribution in [0.3, 0.4) is 0 Å². The van der Waals surface area contributed by atoms with Crippen LogP contribution in [-0.4, -0.2) is 36.0 Å². The van der Waals surface area contributed by atoms with E-state index >= 15 is 0 Å². The van der Waals surface area contributed by atoms with Gasteiger partial charge in [0.25, 0.3) is 0 Å². The molecular weight excluding hydrogens is 278 g/mol. The molecule has 3 nitrogen and oxygen atoms in total. The molecule has 1 aromatic rings. The molecule has 21 heavy (non-hydrogen) atoms. The lowest BCUT2D eigenvalue weighted by Crippen LogP contribution is -2.23. The first-order chi connectivity index (χ1) is 10.4. The molecule has 0 N–H and O–H groups in total. The zero-order valence-electron chi connectivity index (χ0n) is 12.1. The predicted octanol–water partition coefficient (Wildman–Crippen LogP) is 3.76. The molecule has 0 unspecified atom stereocenters. The Kier molecular flexibility index (Phi) is 3.57. The number of nitrogens with zero attached hydrogens (tertiary/aromatic N) is 3. The number of hydrogen-bond donors (Lipinski definition) is 0. The molecule has 2 aliphatic heterocycles. The highest BCUT2D eigenvalue weighted by Gasteiger charge is 2.24. The first-order valence-electron chi connectivity index (χ1n) is 7.70. The molecule has 0 spiro atoms. The van der Waals surface area contributed by atoms with Gasteiger partial charge in [-0.25, -0.2) is 0 Å². The van der Waals surface area contributed by atoms with Gasteiger partial charge < -0.3 is 4.90 Å². The first-order valence-corrected chi connectivity index (χ1v) is 8.64. The molecule has 0 aromatic carbocycles. The molecule has 1 fully saturated rings. The van der Waals surface area contributed by atoms with Gasteiger partial charge in [0.2, 0.25) is 0 Å². The van der Waals surface area contributed by atoms with Crippen molar-refractivity contribution in [3.63, 3.8) is 0 Å². The minimum absolute atomic E-state index is 0.916. The quantitative estimate of drug-likeness (QED) is 0.831. The van der Waals surface area contributed by atoms with E-state index < -0.39 is 0 Å². The fraction of sp³-hybridized carbons (Fsp3) is 0.412. The summed E-state index contributed by atoms with van der Waals surface area (Å²) in [6, 6.07) is 2.18. The van der Waals surface area contributed by atoms with Crippen LogP contribution in [0.1, 0.15) is 31.2 Å². The van der Waals surface area contributed by atoms with Crippen LogP contribution in [0, 0.1) is 0 Å². The maximum Gasteiger partial charge on any atom is 0.0765 e. The van der Waals surface area contributed by atoms with Crippen molar-refractivity contribution in [3.8, 4) is 0 Å². The van der Waals surface area contributed by atoms with Gasteiger partial charge >= 0.3 is 0 Å². The second kappa shape index (κ2) is 5.70. The van der Waals surface area contributed by atoms with Crippen molar-refractivity contribution < 1.29 is 0 Å². The van der Waals surface area contributed by atoms with Crippen molar-refractivity contribution >= 4 is 28.3 Å². The molecule has 0 atom stereocenters. The van der Waals surface area contributed by atoms with Crippen LogP contribution in [0.4, 0.5) is 0 Å². The molecule has 4 heteroatoms. The molecule has 3 aliphatic rings. The Balaban J connectivity index is 1.45. The highest BCUT2D eigenvalue weighted by Crippen LogP contribution is 2.30. The lowest BCUT2D eigenvalue weighted by atomic mass is 9.90. The normalized spacial score (nSPS) is 21.7. The Morgan fingerprint density at radius 1 is 1.14 bits per heavy atom. The topological polar surface area (TPSA) is 28.0 Å². The Morgan fingerprint density at radius 2 is 2.05 bits per heavy atom. The number of allylic oxidation sites excluding steroid dienone is 4. The van der Waals surface area contributed by atoms with Crippen LogP contribution in [0.5, 0.6) is 0 Å². The molecule has 0 saturated carbocycles. The van der Waals surface area contributed by atoms with E-state index in [0.717, 1.165) is 25.1 Å². The van der Waals surface area contributed by atoms with E-state index in [1.165, 1.54) is 48.4 Å². The van der Waals surface area contributed by atoms with E-state index in [1.54, 1.807) is 11.3 Å². The van der Waals surface area contributed by atoms with Crippen molar-refractivity contribution in [1.82, 2.24) is 4.90 Å². The molecule has 1 aromatic heterocycles. The van der Waals surface area contributed by atoms with E-state index in [1.807, 2.05) is 0 Å². The largest absolute Gasteiger partial charge is 0.303 e. The van der Waals surface area contributed by atoms with Crippen LogP contribution in [0.25, 0.3) is 5.57 Å². The Hall–Kier alpha value is -1.52. The van der Waals surface area contributed by atoms with Crippen molar-refractivity contribution in [2.24, 2.45) is 10.2 Å². The summed E-state index contributed by atoms with van der Waals surface area (Å²) < 4.78 is 0. The molecule has 0 bridgehead atoms. The monoisotopic (exact) mass is 297 g/mol. The second-order valence-corrected chi connectivity index (χ2v) is 6.63. The van der Waals surface area contributed by atoms with Crippen molar-refractivity contribution in [3.05, 3.63) is 40.1 Å². The predicted molar refractivity (Wildman–Crippen MR) is 90.2 cm³/mol. The molecule has 3 heterocycles. The summed E-state index contributed by atoms with van der Waals surface area (Å²) in [6.07, 6.45) is 9.10.